The van der Waals surface area contributed by atoms with Crippen LogP contribution in [-0.4, -0.2) is 23.3 Å². The van der Waals surface area contributed by atoms with Crippen molar-refractivity contribution >= 4 is 15.9 Å². The number of aromatic nitrogens is 2. The zero-order valence-electron chi connectivity index (χ0n) is 6.81. The molecule has 1 unspecified atom stereocenters. The molecule has 0 saturated carbocycles. The first-order valence-electron chi connectivity index (χ1n) is 4.27. The number of nitrogens with one attached hydrogen (secondary N) is 2. The van der Waals surface area contributed by atoms with Crippen LogP contribution < -0.4 is 5.32 Å². The molecule has 0 spiro atoms. The monoisotopic (exact) mass is 229 g/mol. The summed E-state index contributed by atoms with van der Waals surface area (Å²) in [5.41, 5.74) is 1.31. The molecule has 2 heterocycles. The highest BCUT2D eigenvalue weighted by molar-refractivity contribution is 9.10. The van der Waals surface area contributed by atoms with E-state index in [2.05, 4.69) is 31.4 Å². The summed E-state index contributed by atoms with van der Waals surface area (Å²) in [5.74, 6) is 0.631. The quantitative estimate of drug-likeness (QED) is 0.769. The molecule has 1 saturated heterocycles. The van der Waals surface area contributed by atoms with Crippen molar-refractivity contribution in [1.29, 1.82) is 0 Å². The van der Waals surface area contributed by atoms with Gasteiger partial charge in [-0.25, -0.2) is 0 Å². The zero-order chi connectivity index (χ0) is 8.39. The number of hydrogen-bond acceptors (Lipinski definition) is 2. The van der Waals surface area contributed by atoms with E-state index in [0.717, 1.165) is 17.7 Å². The van der Waals surface area contributed by atoms with Gasteiger partial charge in [-0.15, -0.1) is 0 Å². The van der Waals surface area contributed by atoms with E-state index in [1.165, 1.54) is 18.4 Å². The fourth-order valence-electron chi connectivity index (χ4n) is 1.68. The summed E-state index contributed by atoms with van der Waals surface area (Å²) in [7, 11) is 0. The van der Waals surface area contributed by atoms with Gasteiger partial charge in [0, 0.05) is 18.0 Å². The number of piperidine rings is 1. The van der Waals surface area contributed by atoms with E-state index in [4.69, 9.17) is 0 Å². The molecular weight excluding hydrogens is 218 g/mol. The average molecular weight is 230 g/mol. The fourth-order valence-corrected chi connectivity index (χ4v) is 2.21. The predicted octanol–water partition coefficient (Wildman–Crippen LogP) is 1.64. The van der Waals surface area contributed by atoms with Gasteiger partial charge in [-0.2, -0.15) is 5.10 Å². The molecule has 0 bridgehead atoms. The van der Waals surface area contributed by atoms with E-state index in [1.807, 2.05) is 6.20 Å². The Morgan fingerprint density at radius 1 is 1.58 bits per heavy atom. The maximum atomic E-state index is 4.00. The SMILES string of the molecule is Brc1[nH]ncc1C1CCCNC1. The van der Waals surface area contributed by atoms with Crippen molar-refractivity contribution in [2.45, 2.75) is 18.8 Å². The zero-order valence-corrected chi connectivity index (χ0v) is 8.39. The lowest BCUT2D eigenvalue weighted by Crippen LogP contribution is -2.28. The Morgan fingerprint density at radius 3 is 3.08 bits per heavy atom. The fraction of sp³-hybridized carbons (Fsp3) is 0.625. The van der Waals surface area contributed by atoms with Crippen molar-refractivity contribution in [2.24, 2.45) is 0 Å². The third-order valence-corrected chi connectivity index (χ3v) is 2.99. The molecule has 1 aromatic rings. The molecule has 1 fully saturated rings. The minimum Gasteiger partial charge on any atom is -0.316 e. The highest BCUT2D eigenvalue weighted by Crippen LogP contribution is 2.27. The Kier molecular flexibility index (Phi) is 2.46. The summed E-state index contributed by atoms with van der Waals surface area (Å²) in [4.78, 5) is 0. The van der Waals surface area contributed by atoms with E-state index >= 15 is 0 Å². The van der Waals surface area contributed by atoms with E-state index in [-0.39, 0.29) is 0 Å². The smallest absolute Gasteiger partial charge is 0.104 e. The summed E-state index contributed by atoms with van der Waals surface area (Å²) in [6, 6.07) is 0. The number of H-pyrrole nitrogens is 1. The number of halogens is 1. The summed E-state index contributed by atoms with van der Waals surface area (Å²) >= 11 is 3.46. The topological polar surface area (TPSA) is 40.7 Å². The van der Waals surface area contributed by atoms with E-state index in [1.54, 1.807) is 0 Å². The van der Waals surface area contributed by atoms with Gasteiger partial charge in [0.15, 0.2) is 0 Å². The Bertz CT molecular complexity index is 253. The lowest BCUT2D eigenvalue weighted by Gasteiger charge is -2.21. The maximum Gasteiger partial charge on any atom is 0.104 e. The lowest BCUT2D eigenvalue weighted by molar-refractivity contribution is 0.461. The second-order valence-corrected chi connectivity index (χ2v) is 3.98. The second-order valence-electron chi connectivity index (χ2n) is 3.18. The predicted molar refractivity (Wildman–Crippen MR) is 51.1 cm³/mol. The molecule has 1 atom stereocenters. The summed E-state index contributed by atoms with van der Waals surface area (Å²) in [5, 5.41) is 10.3. The summed E-state index contributed by atoms with van der Waals surface area (Å²) < 4.78 is 1.04. The van der Waals surface area contributed by atoms with Crippen LogP contribution in [0.3, 0.4) is 0 Å². The highest BCUT2D eigenvalue weighted by atomic mass is 79.9. The minimum absolute atomic E-state index is 0.631. The van der Waals surface area contributed by atoms with Crippen LogP contribution >= 0.6 is 15.9 Å². The number of aromatic amines is 1. The van der Waals surface area contributed by atoms with E-state index in [0.29, 0.717) is 5.92 Å². The minimum atomic E-state index is 0.631. The van der Waals surface area contributed by atoms with Crippen LogP contribution in [0.2, 0.25) is 0 Å². The first-order chi connectivity index (χ1) is 5.88. The van der Waals surface area contributed by atoms with Crippen molar-refractivity contribution in [2.75, 3.05) is 13.1 Å². The van der Waals surface area contributed by atoms with Crippen LogP contribution in [0.1, 0.15) is 24.3 Å². The average Bonchev–Trinajstić information content (AvgIpc) is 2.53. The summed E-state index contributed by atoms with van der Waals surface area (Å²) in [6.07, 6.45) is 4.45. The molecule has 0 radical (unpaired) electrons. The number of nitrogens with zero attached hydrogens (tertiary/aromatic N) is 1. The van der Waals surface area contributed by atoms with Crippen LogP contribution in [0.25, 0.3) is 0 Å². The molecule has 3 nitrogen and oxygen atoms in total. The van der Waals surface area contributed by atoms with Crippen LogP contribution in [0.15, 0.2) is 10.8 Å². The second kappa shape index (κ2) is 3.58. The summed E-state index contributed by atoms with van der Waals surface area (Å²) in [6.45, 7) is 2.24. The van der Waals surface area contributed by atoms with Gasteiger partial charge in [-0.3, -0.25) is 5.10 Å². The van der Waals surface area contributed by atoms with Gasteiger partial charge in [0.05, 0.1) is 6.20 Å². The molecule has 2 rings (SSSR count). The van der Waals surface area contributed by atoms with Crippen molar-refractivity contribution in [3.8, 4) is 0 Å². The van der Waals surface area contributed by atoms with Crippen LogP contribution in [-0.2, 0) is 0 Å². The molecule has 4 heteroatoms. The largest absolute Gasteiger partial charge is 0.316 e. The van der Waals surface area contributed by atoms with Gasteiger partial charge >= 0.3 is 0 Å². The lowest BCUT2D eigenvalue weighted by atomic mass is 9.94. The Hall–Kier alpha value is -0.350. The van der Waals surface area contributed by atoms with Gasteiger partial charge in [0.1, 0.15) is 4.60 Å². The molecule has 66 valence electrons. The van der Waals surface area contributed by atoms with Crippen molar-refractivity contribution in [3.05, 3.63) is 16.4 Å². The van der Waals surface area contributed by atoms with Crippen molar-refractivity contribution in [1.82, 2.24) is 15.5 Å². The maximum absolute atomic E-state index is 4.00. The van der Waals surface area contributed by atoms with Crippen LogP contribution in [0.5, 0.6) is 0 Å². The van der Waals surface area contributed by atoms with Gasteiger partial charge in [0.25, 0.3) is 0 Å². The molecule has 1 aliphatic rings. The Balaban J connectivity index is 2.13. The molecule has 0 amide bonds. The third kappa shape index (κ3) is 1.54. The van der Waals surface area contributed by atoms with Gasteiger partial charge in [-0.05, 0) is 35.3 Å². The molecule has 0 aromatic carbocycles. The normalized spacial score (nSPS) is 24.2. The molecular formula is C8H12BrN3. The number of rotatable bonds is 1. The third-order valence-electron chi connectivity index (χ3n) is 2.36. The first kappa shape index (κ1) is 8.26. The highest BCUT2D eigenvalue weighted by Gasteiger charge is 2.18. The Labute approximate surface area is 80.1 Å². The molecule has 1 aromatic heterocycles. The van der Waals surface area contributed by atoms with Gasteiger partial charge < -0.3 is 5.32 Å². The molecule has 1 aliphatic heterocycles. The van der Waals surface area contributed by atoms with Gasteiger partial charge in [0.2, 0.25) is 0 Å². The van der Waals surface area contributed by atoms with Crippen molar-refractivity contribution < 1.29 is 0 Å². The standard InChI is InChI=1S/C8H12BrN3/c9-8-7(5-11-12-8)6-2-1-3-10-4-6/h5-6,10H,1-4H2,(H,11,12). The van der Waals surface area contributed by atoms with Crippen LogP contribution in [0.4, 0.5) is 0 Å². The van der Waals surface area contributed by atoms with Crippen molar-refractivity contribution in [3.63, 3.8) is 0 Å². The molecule has 2 N–H and O–H groups in total. The van der Waals surface area contributed by atoms with E-state index in [9.17, 15) is 0 Å². The van der Waals surface area contributed by atoms with Crippen LogP contribution in [0, 0.1) is 0 Å². The van der Waals surface area contributed by atoms with Gasteiger partial charge in [-0.1, -0.05) is 0 Å². The molecule has 12 heavy (non-hydrogen) atoms. The molecule has 0 aliphatic carbocycles. The Morgan fingerprint density at radius 2 is 2.50 bits per heavy atom. The first-order valence-corrected chi connectivity index (χ1v) is 5.06. The van der Waals surface area contributed by atoms with E-state index < -0.39 is 0 Å². The number of hydrogen-bond donors (Lipinski definition) is 2.